The summed E-state index contributed by atoms with van der Waals surface area (Å²) in [7, 11) is 0. The Bertz CT molecular complexity index is 624. The zero-order valence-corrected chi connectivity index (χ0v) is 16.0. The first-order chi connectivity index (χ1) is 12.9. The first kappa shape index (κ1) is 17.9. The van der Waals surface area contributed by atoms with E-state index in [1.165, 1.54) is 76.6 Å². The minimum atomic E-state index is 0.491. The van der Waals surface area contributed by atoms with Gasteiger partial charge in [-0.1, -0.05) is 36.8 Å². The molecular weight excluding hydrogens is 320 g/mol. The van der Waals surface area contributed by atoms with Gasteiger partial charge in [-0.05, 0) is 75.9 Å². The molecule has 0 aromatic heterocycles. The summed E-state index contributed by atoms with van der Waals surface area (Å²) < 4.78 is 5.81. The molecule has 2 unspecified atom stereocenters. The monoisotopic (exact) mass is 352 g/mol. The van der Waals surface area contributed by atoms with Gasteiger partial charge in [0.2, 0.25) is 0 Å². The third-order valence-corrected chi connectivity index (χ3v) is 6.30. The minimum absolute atomic E-state index is 0.491. The molecule has 0 amide bonds. The third-order valence-electron chi connectivity index (χ3n) is 6.30. The van der Waals surface area contributed by atoms with E-state index in [4.69, 9.17) is 4.74 Å². The molecule has 4 rings (SSSR count). The van der Waals surface area contributed by atoms with Crippen molar-refractivity contribution in [3.8, 4) is 17.6 Å². The summed E-state index contributed by atoms with van der Waals surface area (Å²) >= 11 is 0. The fourth-order valence-corrected chi connectivity index (χ4v) is 4.86. The van der Waals surface area contributed by atoms with Crippen molar-refractivity contribution in [2.24, 2.45) is 0 Å². The maximum Gasteiger partial charge on any atom is 0.149 e. The molecule has 0 saturated carbocycles. The zero-order chi connectivity index (χ0) is 17.6. The summed E-state index contributed by atoms with van der Waals surface area (Å²) in [6.45, 7) is 5.07. The summed E-state index contributed by atoms with van der Waals surface area (Å²) in [5.74, 6) is 7.36. The highest BCUT2D eigenvalue weighted by Gasteiger charge is 2.35. The summed E-state index contributed by atoms with van der Waals surface area (Å²) in [6.07, 6.45) is 10.9. The van der Waals surface area contributed by atoms with Crippen LogP contribution < -0.4 is 4.74 Å². The molecule has 3 aliphatic rings. The number of ether oxygens (including phenoxy) is 1. The predicted octanol–water partition coefficient (Wildman–Crippen LogP) is 4.24. The van der Waals surface area contributed by atoms with Crippen molar-refractivity contribution in [2.45, 2.75) is 63.5 Å². The van der Waals surface area contributed by atoms with Crippen LogP contribution in [0.1, 0.15) is 63.0 Å². The van der Waals surface area contributed by atoms with Gasteiger partial charge in [0.15, 0.2) is 0 Å². The Morgan fingerprint density at radius 1 is 0.846 bits per heavy atom. The van der Waals surface area contributed by atoms with Gasteiger partial charge in [0.05, 0.1) is 6.54 Å². The summed E-state index contributed by atoms with van der Waals surface area (Å²) in [5, 5.41) is 0. The molecule has 0 N–H and O–H groups in total. The van der Waals surface area contributed by atoms with E-state index in [-0.39, 0.29) is 0 Å². The Morgan fingerprint density at radius 3 is 2.50 bits per heavy atom. The van der Waals surface area contributed by atoms with Crippen LogP contribution in [0.5, 0.6) is 5.75 Å². The SMILES string of the molecule is C(#CCN1CCCCC1)COc1ccc(C2CCC3CCCCN32)cc1. The van der Waals surface area contributed by atoms with E-state index in [0.717, 1.165) is 18.3 Å². The van der Waals surface area contributed by atoms with Crippen LogP contribution in [-0.2, 0) is 0 Å². The van der Waals surface area contributed by atoms with Gasteiger partial charge >= 0.3 is 0 Å². The largest absolute Gasteiger partial charge is 0.481 e. The van der Waals surface area contributed by atoms with Gasteiger partial charge in [-0.15, -0.1) is 0 Å². The Labute approximate surface area is 158 Å². The number of hydrogen-bond donors (Lipinski definition) is 0. The van der Waals surface area contributed by atoms with Gasteiger partial charge in [0, 0.05) is 12.1 Å². The second-order valence-corrected chi connectivity index (χ2v) is 8.03. The number of hydrogen-bond acceptors (Lipinski definition) is 3. The van der Waals surface area contributed by atoms with Gasteiger partial charge in [0.25, 0.3) is 0 Å². The van der Waals surface area contributed by atoms with Crippen LogP contribution >= 0.6 is 0 Å². The fraction of sp³-hybridized carbons (Fsp3) is 0.652. The molecule has 3 aliphatic heterocycles. The van der Waals surface area contributed by atoms with Gasteiger partial charge in [-0.3, -0.25) is 9.80 Å². The van der Waals surface area contributed by atoms with E-state index in [2.05, 4.69) is 45.9 Å². The molecule has 3 fully saturated rings. The summed E-state index contributed by atoms with van der Waals surface area (Å²) in [4.78, 5) is 5.19. The molecule has 1 aromatic carbocycles. The Morgan fingerprint density at radius 2 is 1.65 bits per heavy atom. The standard InChI is InChI=1S/C23H32N2O/c1-3-15-24(16-4-1)17-6-7-19-26-22-12-9-20(10-13-22)23-14-11-21-8-2-5-18-25(21)23/h9-10,12-13,21,23H,1-5,8,11,14-19H2. The molecular formula is C23H32N2O. The van der Waals surface area contributed by atoms with Crippen molar-refractivity contribution in [3.05, 3.63) is 29.8 Å². The second-order valence-electron chi connectivity index (χ2n) is 8.03. The predicted molar refractivity (Wildman–Crippen MR) is 106 cm³/mol. The van der Waals surface area contributed by atoms with Crippen molar-refractivity contribution in [1.29, 1.82) is 0 Å². The van der Waals surface area contributed by atoms with Crippen LogP contribution in [-0.4, -0.2) is 48.6 Å². The van der Waals surface area contributed by atoms with E-state index >= 15 is 0 Å². The summed E-state index contributed by atoms with van der Waals surface area (Å²) in [6, 6.07) is 10.2. The van der Waals surface area contributed by atoms with E-state index in [0.29, 0.717) is 12.6 Å². The molecule has 3 heteroatoms. The lowest BCUT2D eigenvalue weighted by Gasteiger charge is -2.34. The quantitative estimate of drug-likeness (QED) is 0.754. The topological polar surface area (TPSA) is 15.7 Å². The lowest BCUT2D eigenvalue weighted by atomic mass is 10.0. The number of rotatable bonds is 4. The second kappa shape index (κ2) is 8.93. The number of likely N-dealkylation sites (tertiary alicyclic amines) is 1. The normalized spacial score (nSPS) is 26.8. The molecule has 0 spiro atoms. The molecule has 26 heavy (non-hydrogen) atoms. The minimum Gasteiger partial charge on any atom is -0.481 e. The van der Waals surface area contributed by atoms with Crippen molar-refractivity contribution in [1.82, 2.24) is 9.80 Å². The molecule has 0 aliphatic carbocycles. The highest BCUT2D eigenvalue weighted by molar-refractivity contribution is 5.30. The van der Waals surface area contributed by atoms with Crippen LogP contribution in [0.25, 0.3) is 0 Å². The molecule has 3 nitrogen and oxygen atoms in total. The highest BCUT2D eigenvalue weighted by Crippen LogP contribution is 2.40. The molecule has 3 saturated heterocycles. The van der Waals surface area contributed by atoms with Gasteiger partial charge < -0.3 is 4.74 Å². The zero-order valence-electron chi connectivity index (χ0n) is 16.0. The van der Waals surface area contributed by atoms with Crippen molar-refractivity contribution in [2.75, 3.05) is 32.8 Å². The van der Waals surface area contributed by atoms with Crippen molar-refractivity contribution >= 4 is 0 Å². The van der Waals surface area contributed by atoms with E-state index in [1.54, 1.807) is 0 Å². The van der Waals surface area contributed by atoms with Gasteiger partial charge in [-0.25, -0.2) is 0 Å². The Kier molecular flexibility index (Phi) is 6.14. The lowest BCUT2D eigenvalue weighted by molar-refractivity contribution is 0.150. The number of piperidine rings is 2. The van der Waals surface area contributed by atoms with Crippen LogP contribution in [0.15, 0.2) is 24.3 Å². The Balaban J connectivity index is 1.24. The first-order valence-electron chi connectivity index (χ1n) is 10.6. The average molecular weight is 353 g/mol. The molecule has 140 valence electrons. The number of benzene rings is 1. The maximum absolute atomic E-state index is 5.81. The van der Waals surface area contributed by atoms with E-state index in [1.807, 2.05) is 0 Å². The highest BCUT2D eigenvalue weighted by atomic mass is 16.5. The molecule has 0 bridgehead atoms. The van der Waals surface area contributed by atoms with Crippen molar-refractivity contribution in [3.63, 3.8) is 0 Å². The number of nitrogens with zero attached hydrogens (tertiary/aromatic N) is 2. The van der Waals surface area contributed by atoms with Gasteiger partial charge in [-0.2, -0.15) is 0 Å². The van der Waals surface area contributed by atoms with E-state index < -0.39 is 0 Å². The molecule has 2 atom stereocenters. The van der Waals surface area contributed by atoms with Crippen LogP contribution in [0, 0.1) is 11.8 Å². The molecule has 0 radical (unpaired) electrons. The van der Waals surface area contributed by atoms with Crippen LogP contribution in [0.2, 0.25) is 0 Å². The average Bonchev–Trinajstić information content (AvgIpc) is 3.13. The van der Waals surface area contributed by atoms with Crippen LogP contribution in [0.3, 0.4) is 0 Å². The Hall–Kier alpha value is -1.50. The lowest BCUT2D eigenvalue weighted by Crippen LogP contribution is -2.35. The summed E-state index contributed by atoms with van der Waals surface area (Å²) in [5.41, 5.74) is 1.46. The number of fused-ring (bicyclic) bond motifs is 1. The smallest absolute Gasteiger partial charge is 0.149 e. The van der Waals surface area contributed by atoms with E-state index in [9.17, 15) is 0 Å². The van der Waals surface area contributed by atoms with Crippen LogP contribution in [0.4, 0.5) is 0 Å². The molecule has 3 heterocycles. The first-order valence-corrected chi connectivity index (χ1v) is 10.6. The maximum atomic E-state index is 5.81. The molecule has 1 aromatic rings. The third kappa shape index (κ3) is 4.42. The van der Waals surface area contributed by atoms with Crippen molar-refractivity contribution < 1.29 is 4.74 Å². The fourth-order valence-electron chi connectivity index (χ4n) is 4.86. The van der Waals surface area contributed by atoms with Gasteiger partial charge in [0.1, 0.15) is 12.4 Å².